The second-order valence-electron chi connectivity index (χ2n) is 5.16. The smallest absolute Gasteiger partial charge is 0.392 e. The van der Waals surface area contributed by atoms with E-state index in [-0.39, 0.29) is 6.61 Å². The third-order valence-electron chi connectivity index (χ3n) is 3.56. The van der Waals surface area contributed by atoms with Crippen LogP contribution >= 0.6 is 0 Å². The fourth-order valence-corrected chi connectivity index (χ4v) is 2.57. The number of halogens is 3. The molecule has 0 spiro atoms. The van der Waals surface area contributed by atoms with E-state index in [2.05, 4.69) is 4.90 Å². The third-order valence-corrected chi connectivity index (χ3v) is 3.56. The Morgan fingerprint density at radius 3 is 2.30 bits per heavy atom. The average molecular weight is 288 g/mol. The van der Waals surface area contributed by atoms with E-state index in [0.717, 1.165) is 16.8 Å². The van der Waals surface area contributed by atoms with E-state index in [1.165, 1.54) is 4.90 Å². The van der Waals surface area contributed by atoms with Gasteiger partial charge in [0, 0.05) is 31.9 Å². The lowest BCUT2D eigenvalue weighted by Crippen LogP contribution is -2.49. The molecule has 0 aliphatic carbocycles. The zero-order chi connectivity index (χ0) is 14.8. The number of benzene rings is 1. The van der Waals surface area contributed by atoms with Crippen molar-refractivity contribution in [2.24, 2.45) is 0 Å². The second kappa shape index (κ2) is 6.01. The normalized spacial score (nSPS) is 17.6. The SMILES string of the molecule is Cc1cc(CO)ccc1N1CCN(CC(F)(F)F)CC1. The van der Waals surface area contributed by atoms with Gasteiger partial charge in [0.1, 0.15) is 0 Å². The highest BCUT2D eigenvalue weighted by Gasteiger charge is 2.32. The first-order chi connectivity index (χ1) is 9.39. The van der Waals surface area contributed by atoms with Gasteiger partial charge >= 0.3 is 6.18 Å². The minimum absolute atomic E-state index is 0.000477. The van der Waals surface area contributed by atoms with Crippen molar-refractivity contribution in [2.45, 2.75) is 19.7 Å². The molecule has 0 saturated carbocycles. The highest BCUT2D eigenvalue weighted by Crippen LogP contribution is 2.24. The van der Waals surface area contributed by atoms with Crippen LogP contribution in [0.25, 0.3) is 0 Å². The number of aliphatic hydroxyl groups excluding tert-OH is 1. The molecule has 2 rings (SSSR count). The number of nitrogens with zero attached hydrogens (tertiary/aromatic N) is 2. The summed E-state index contributed by atoms with van der Waals surface area (Å²) < 4.78 is 37.0. The van der Waals surface area contributed by atoms with Crippen LogP contribution in [0, 0.1) is 6.92 Å². The summed E-state index contributed by atoms with van der Waals surface area (Å²) in [4.78, 5) is 3.54. The van der Waals surface area contributed by atoms with Gasteiger partial charge in [0.15, 0.2) is 0 Å². The van der Waals surface area contributed by atoms with Gasteiger partial charge in [-0.05, 0) is 24.1 Å². The Balaban J connectivity index is 1.97. The van der Waals surface area contributed by atoms with Crippen molar-refractivity contribution in [3.05, 3.63) is 29.3 Å². The summed E-state index contributed by atoms with van der Waals surface area (Å²) in [5.74, 6) is 0. The van der Waals surface area contributed by atoms with Gasteiger partial charge < -0.3 is 10.0 Å². The van der Waals surface area contributed by atoms with Gasteiger partial charge in [0.25, 0.3) is 0 Å². The van der Waals surface area contributed by atoms with Crippen LogP contribution in [0.5, 0.6) is 0 Å². The van der Waals surface area contributed by atoms with E-state index in [1.807, 2.05) is 25.1 Å². The Kier molecular flexibility index (Phi) is 4.55. The van der Waals surface area contributed by atoms with Crippen LogP contribution < -0.4 is 4.90 Å². The van der Waals surface area contributed by atoms with E-state index in [9.17, 15) is 13.2 Å². The van der Waals surface area contributed by atoms with Crippen molar-refractivity contribution >= 4 is 5.69 Å². The van der Waals surface area contributed by atoms with Crippen molar-refractivity contribution in [3.63, 3.8) is 0 Å². The van der Waals surface area contributed by atoms with Crippen LogP contribution in [0.4, 0.5) is 18.9 Å². The van der Waals surface area contributed by atoms with Crippen molar-refractivity contribution < 1.29 is 18.3 Å². The lowest BCUT2D eigenvalue weighted by Gasteiger charge is -2.37. The molecule has 1 N–H and O–H groups in total. The summed E-state index contributed by atoms with van der Waals surface area (Å²) in [6.45, 7) is 3.15. The summed E-state index contributed by atoms with van der Waals surface area (Å²) in [5, 5.41) is 9.08. The Hall–Kier alpha value is -1.27. The largest absolute Gasteiger partial charge is 0.401 e. The number of rotatable bonds is 3. The van der Waals surface area contributed by atoms with Gasteiger partial charge in [-0.25, -0.2) is 0 Å². The maximum Gasteiger partial charge on any atom is 0.401 e. The van der Waals surface area contributed by atoms with Gasteiger partial charge in [-0.2, -0.15) is 13.2 Å². The maximum atomic E-state index is 12.3. The number of hydrogen-bond donors (Lipinski definition) is 1. The molecular weight excluding hydrogens is 269 g/mol. The van der Waals surface area contributed by atoms with Gasteiger partial charge in [0.2, 0.25) is 0 Å². The summed E-state index contributed by atoms with van der Waals surface area (Å²) >= 11 is 0. The topological polar surface area (TPSA) is 26.7 Å². The maximum absolute atomic E-state index is 12.3. The molecule has 0 amide bonds. The first kappa shape index (κ1) is 15.1. The Morgan fingerprint density at radius 1 is 1.15 bits per heavy atom. The van der Waals surface area contributed by atoms with Crippen molar-refractivity contribution in [2.75, 3.05) is 37.6 Å². The van der Waals surface area contributed by atoms with E-state index in [0.29, 0.717) is 26.2 Å². The predicted octanol–water partition coefficient (Wildman–Crippen LogP) is 2.17. The zero-order valence-electron chi connectivity index (χ0n) is 11.5. The molecule has 0 aromatic heterocycles. The Bertz CT molecular complexity index is 454. The molecule has 1 heterocycles. The first-order valence-electron chi connectivity index (χ1n) is 6.63. The molecule has 1 aliphatic heterocycles. The van der Waals surface area contributed by atoms with E-state index >= 15 is 0 Å². The number of anilines is 1. The van der Waals surface area contributed by atoms with Crippen molar-refractivity contribution in [1.29, 1.82) is 0 Å². The fourth-order valence-electron chi connectivity index (χ4n) is 2.57. The predicted molar refractivity (Wildman–Crippen MR) is 71.8 cm³/mol. The molecule has 6 heteroatoms. The molecule has 0 atom stereocenters. The molecule has 0 radical (unpaired) electrons. The summed E-state index contributed by atoms with van der Waals surface area (Å²) in [5.41, 5.74) is 2.93. The average Bonchev–Trinajstić information content (AvgIpc) is 2.38. The van der Waals surface area contributed by atoms with E-state index < -0.39 is 12.7 Å². The summed E-state index contributed by atoms with van der Waals surface area (Å²) in [6, 6.07) is 5.70. The third kappa shape index (κ3) is 3.86. The zero-order valence-corrected chi connectivity index (χ0v) is 11.5. The molecule has 20 heavy (non-hydrogen) atoms. The van der Waals surface area contributed by atoms with Crippen LogP contribution in [-0.2, 0) is 6.61 Å². The number of piperazine rings is 1. The van der Waals surface area contributed by atoms with Crippen molar-refractivity contribution in [3.8, 4) is 0 Å². The second-order valence-corrected chi connectivity index (χ2v) is 5.16. The minimum Gasteiger partial charge on any atom is -0.392 e. The lowest BCUT2D eigenvalue weighted by molar-refractivity contribution is -0.146. The molecule has 112 valence electrons. The first-order valence-corrected chi connectivity index (χ1v) is 6.63. The molecule has 1 aromatic carbocycles. The van der Waals surface area contributed by atoms with Crippen LogP contribution in [0.15, 0.2) is 18.2 Å². The van der Waals surface area contributed by atoms with Gasteiger partial charge in [-0.15, -0.1) is 0 Å². The summed E-state index contributed by atoms with van der Waals surface area (Å²) in [7, 11) is 0. The van der Waals surface area contributed by atoms with E-state index in [4.69, 9.17) is 5.11 Å². The highest BCUT2D eigenvalue weighted by molar-refractivity contribution is 5.54. The molecule has 1 saturated heterocycles. The fraction of sp³-hybridized carbons (Fsp3) is 0.571. The molecule has 3 nitrogen and oxygen atoms in total. The molecule has 0 unspecified atom stereocenters. The quantitative estimate of drug-likeness (QED) is 0.923. The number of aryl methyl sites for hydroxylation is 1. The van der Waals surface area contributed by atoms with E-state index in [1.54, 1.807) is 0 Å². The monoisotopic (exact) mass is 288 g/mol. The standard InChI is InChI=1S/C14H19F3N2O/c1-11-8-12(9-20)2-3-13(11)19-6-4-18(5-7-19)10-14(15,16)17/h2-3,8,20H,4-7,9-10H2,1H3. The van der Waals surface area contributed by atoms with Gasteiger partial charge in [0.05, 0.1) is 13.2 Å². The number of aliphatic hydroxyl groups is 1. The van der Waals surface area contributed by atoms with Crippen LogP contribution in [0.3, 0.4) is 0 Å². The molecule has 1 aromatic rings. The van der Waals surface area contributed by atoms with Gasteiger partial charge in [-0.1, -0.05) is 12.1 Å². The Morgan fingerprint density at radius 2 is 1.80 bits per heavy atom. The lowest BCUT2D eigenvalue weighted by atomic mass is 10.1. The van der Waals surface area contributed by atoms with Crippen LogP contribution in [-0.4, -0.2) is 48.9 Å². The van der Waals surface area contributed by atoms with Crippen molar-refractivity contribution in [1.82, 2.24) is 4.90 Å². The van der Waals surface area contributed by atoms with Crippen LogP contribution in [0.2, 0.25) is 0 Å². The Labute approximate surface area is 116 Å². The highest BCUT2D eigenvalue weighted by atomic mass is 19.4. The molecule has 1 aliphatic rings. The number of alkyl halides is 3. The number of hydrogen-bond acceptors (Lipinski definition) is 3. The molecule has 0 bridgehead atoms. The van der Waals surface area contributed by atoms with Gasteiger partial charge in [-0.3, -0.25) is 4.90 Å². The summed E-state index contributed by atoms with van der Waals surface area (Å²) in [6.07, 6.45) is -4.12. The molecule has 1 fully saturated rings. The molecular formula is C14H19F3N2O. The minimum atomic E-state index is -4.12. The van der Waals surface area contributed by atoms with Crippen LogP contribution in [0.1, 0.15) is 11.1 Å².